The predicted molar refractivity (Wildman–Crippen MR) is 68.5 cm³/mol. The molecule has 2 rings (SSSR count). The lowest BCUT2D eigenvalue weighted by Gasteiger charge is -2.35. The lowest BCUT2D eigenvalue weighted by Crippen LogP contribution is -2.49. The Morgan fingerprint density at radius 2 is 2.00 bits per heavy atom. The van der Waals surface area contributed by atoms with E-state index in [4.69, 9.17) is 5.73 Å². The molecule has 2 nitrogen and oxygen atoms in total. The van der Waals surface area contributed by atoms with Gasteiger partial charge in [0.2, 0.25) is 0 Å². The molecule has 1 unspecified atom stereocenters. The molecular formula is C14H22N2. The van der Waals surface area contributed by atoms with Crippen molar-refractivity contribution in [3.8, 4) is 0 Å². The summed E-state index contributed by atoms with van der Waals surface area (Å²) in [5.74, 6) is 0. The van der Waals surface area contributed by atoms with E-state index in [-0.39, 0.29) is 0 Å². The van der Waals surface area contributed by atoms with Gasteiger partial charge in [-0.05, 0) is 44.7 Å². The summed E-state index contributed by atoms with van der Waals surface area (Å²) in [5.41, 5.74) is 9.92. The van der Waals surface area contributed by atoms with Crippen LogP contribution in [0.5, 0.6) is 0 Å². The zero-order valence-corrected chi connectivity index (χ0v) is 10.5. The van der Waals surface area contributed by atoms with Gasteiger partial charge < -0.3 is 11.1 Å². The maximum atomic E-state index is 5.80. The van der Waals surface area contributed by atoms with E-state index >= 15 is 0 Å². The Labute approximate surface area is 98.2 Å². The molecule has 1 aliphatic rings. The second kappa shape index (κ2) is 4.56. The summed E-state index contributed by atoms with van der Waals surface area (Å²) in [4.78, 5) is 0. The van der Waals surface area contributed by atoms with Gasteiger partial charge in [-0.15, -0.1) is 0 Å². The van der Waals surface area contributed by atoms with Crippen molar-refractivity contribution in [1.82, 2.24) is 5.32 Å². The van der Waals surface area contributed by atoms with Gasteiger partial charge in [0.1, 0.15) is 0 Å². The molecule has 0 aliphatic heterocycles. The van der Waals surface area contributed by atoms with E-state index in [1.54, 1.807) is 0 Å². The molecule has 2 heteroatoms. The number of rotatable bonds is 3. The van der Waals surface area contributed by atoms with E-state index in [1.165, 1.54) is 16.7 Å². The Morgan fingerprint density at radius 1 is 1.31 bits per heavy atom. The molecule has 1 aliphatic carbocycles. The molecule has 3 N–H and O–H groups in total. The normalized spacial score (nSPS) is 26.2. The van der Waals surface area contributed by atoms with Crippen molar-refractivity contribution >= 4 is 0 Å². The van der Waals surface area contributed by atoms with Gasteiger partial charge in [0.05, 0.1) is 0 Å². The number of nitrogens with one attached hydrogen (secondary N) is 1. The van der Waals surface area contributed by atoms with Crippen LogP contribution < -0.4 is 11.1 Å². The second-order valence-corrected chi connectivity index (χ2v) is 5.18. The molecule has 1 aromatic carbocycles. The largest absolute Gasteiger partial charge is 0.328 e. The summed E-state index contributed by atoms with van der Waals surface area (Å²) in [6, 6.07) is 8.12. The number of nitrogens with two attached hydrogens (primary N) is 1. The van der Waals surface area contributed by atoms with Crippen LogP contribution in [0.4, 0.5) is 0 Å². The van der Waals surface area contributed by atoms with Crippen LogP contribution in [-0.4, -0.2) is 12.1 Å². The van der Waals surface area contributed by atoms with Gasteiger partial charge >= 0.3 is 0 Å². The standard InChI is InChI=1S/C14H22N2/c1-9-4-5-10(2)14(6-9)11(3)16-13-7-12(15)8-13/h4-6,11-13,16H,7-8,15H2,1-3H3. The third kappa shape index (κ3) is 2.45. The number of aryl methyl sites for hydroxylation is 2. The topological polar surface area (TPSA) is 38.0 Å². The summed E-state index contributed by atoms with van der Waals surface area (Å²) in [6.07, 6.45) is 2.24. The summed E-state index contributed by atoms with van der Waals surface area (Å²) in [5, 5.41) is 3.65. The van der Waals surface area contributed by atoms with Crippen molar-refractivity contribution in [2.45, 2.75) is 51.7 Å². The van der Waals surface area contributed by atoms with Crippen molar-refractivity contribution in [2.75, 3.05) is 0 Å². The zero-order valence-electron chi connectivity index (χ0n) is 10.5. The van der Waals surface area contributed by atoms with Crippen LogP contribution in [0, 0.1) is 13.8 Å². The Bertz CT molecular complexity index is 367. The Morgan fingerprint density at radius 3 is 2.62 bits per heavy atom. The fraction of sp³-hybridized carbons (Fsp3) is 0.571. The molecule has 1 fully saturated rings. The lowest BCUT2D eigenvalue weighted by atomic mass is 9.86. The molecule has 16 heavy (non-hydrogen) atoms. The Kier molecular flexibility index (Phi) is 3.31. The van der Waals surface area contributed by atoms with E-state index < -0.39 is 0 Å². The van der Waals surface area contributed by atoms with E-state index in [1.807, 2.05) is 0 Å². The monoisotopic (exact) mass is 218 g/mol. The number of hydrogen-bond donors (Lipinski definition) is 2. The molecule has 1 saturated carbocycles. The van der Waals surface area contributed by atoms with Gasteiger partial charge in [0.15, 0.2) is 0 Å². The molecule has 0 bridgehead atoms. The number of hydrogen-bond acceptors (Lipinski definition) is 2. The molecule has 1 aromatic rings. The minimum atomic E-state index is 0.420. The van der Waals surface area contributed by atoms with Gasteiger partial charge in [-0.25, -0.2) is 0 Å². The molecule has 88 valence electrons. The molecule has 0 amide bonds. The second-order valence-electron chi connectivity index (χ2n) is 5.18. The summed E-state index contributed by atoms with van der Waals surface area (Å²) in [6.45, 7) is 6.57. The van der Waals surface area contributed by atoms with Crippen molar-refractivity contribution in [2.24, 2.45) is 5.73 Å². The van der Waals surface area contributed by atoms with Crippen molar-refractivity contribution in [1.29, 1.82) is 0 Å². The average molecular weight is 218 g/mol. The van der Waals surface area contributed by atoms with Gasteiger partial charge in [-0.3, -0.25) is 0 Å². The molecule has 0 radical (unpaired) electrons. The van der Waals surface area contributed by atoms with E-state index in [9.17, 15) is 0 Å². The van der Waals surface area contributed by atoms with Crippen molar-refractivity contribution < 1.29 is 0 Å². The zero-order chi connectivity index (χ0) is 11.7. The minimum Gasteiger partial charge on any atom is -0.328 e. The average Bonchev–Trinajstić information content (AvgIpc) is 2.19. The molecule has 0 aromatic heterocycles. The molecule has 0 spiro atoms. The maximum Gasteiger partial charge on any atom is 0.0297 e. The fourth-order valence-electron chi connectivity index (χ4n) is 2.47. The highest BCUT2D eigenvalue weighted by atomic mass is 15.0. The SMILES string of the molecule is Cc1ccc(C)c(C(C)NC2CC(N)C2)c1. The van der Waals surface area contributed by atoms with Gasteiger partial charge in [0, 0.05) is 18.1 Å². The van der Waals surface area contributed by atoms with Crippen LogP contribution in [0.15, 0.2) is 18.2 Å². The Hall–Kier alpha value is -0.860. The summed E-state index contributed by atoms with van der Waals surface area (Å²) >= 11 is 0. The van der Waals surface area contributed by atoms with E-state index in [2.05, 4.69) is 44.3 Å². The first-order valence-corrected chi connectivity index (χ1v) is 6.15. The van der Waals surface area contributed by atoms with Gasteiger partial charge in [-0.1, -0.05) is 23.8 Å². The van der Waals surface area contributed by atoms with Crippen LogP contribution in [0.1, 0.15) is 42.5 Å². The van der Waals surface area contributed by atoms with Crippen molar-refractivity contribution in [3.63, 3.8) is 0 Å². The quantitative estimate of drug-likeness (QED) is 0.818. The van der Waals surface area contributed by atoms with Crippen LogP contribution in [0.3, 0.4) is 0 Å². The summed E-state index contributed by atoms with van der Waals surface area (Å²) in [7, 11) is 0. The fourth-order valence-corrected chi connectivity index (χ4v) is 2.47. The predicted octanol–water partition coefficient (Wildman–Crippen LogP) is 2.44. The Balaban J connectivity index is 2.02. The molecule has 0 saturated heterocycles. The highest BCUT2D eigenvalue weighted by Gasteiger charge is 2.27. The number of benzene rings is 1. The highest BCUT2D eigenvalue weighted by molar-refractivity contribution is 5.32. The molecular weight excluding hydrogens is 196 g/mol. The van der Waals surface area contributed by atoms with Crippen LogP contribution >= 0.6 is 0 Å². The van der Waals surface area contributed by atoms with E-state index in [0.717, 1.165) is 12.8 Å². The molecule has 0 heterocycles. The maximum absolute atomic E-state index is 5.80. The summed E-state index contributed by atoms with van der Waals surface area (Å²) < 4.78 is 0. The third-order valence-electron chi connectivity index (χ3n) is 3.56. The first kappa shape index (κ1) is 11.6. The van der Waals surface area contributed by atoms with Gasteiger partial charge in [0.25, 0.3) is 0 Å². The van der Waals surface area contributed by atoms with Gasteiger partial charge in [-0.2, -0.15) is 0 Å². The first-order chi connectivity index (χ1) is 7.56. The van der Waals surface area contributed by atoms with Crippen molar-refractivity contribution in [3.05, 3.63) is 34.9 Å². The lowest BCUT2D eigenvalue weighted by molar-refractivity contribution is 0.272. The first-order valence-electron chi connectivity index (χ1n) is 6.15. The third-order valence-corrected chi connectivity index (χ3v) is 3.56. The smallest absolute Gasteiger partial charge is 0.0297 e. The highest BCUT2D eigenvalue weighted by Crippen LogP contribution is 2.24. The minimum absolute atomic E-state index is 0.420. The van der Waals surface area contributed by atoms with Crippen LogP contribution in [-0.2, 0) is 0 Å². The van der Waals surface area contributed by atoms with Crippen LogP contribution in [0.25, 0.3) is 0 Å². The molecule has 1 atom stereocenters. The van der Waals surface area contributed by atoms with Crippen LogP contribution in [0.2, 0.25) is 0 Å². The van der Waals surface area contributed by atoms with E-state index in [0.29, 0.717) is 18.1 Å².